The second-order valence-electron chi connectivity index (χ2n) is 13.7. The van der Waals surface area contributed by atoms with E-state index in [4.69, 9.17) is 21.1 Å². The van der Waals surface area contributed by atoms with Gasteiger partial charge in [-0.2, -0.15) is 0 Å². The smallest absolute Gasteiger partial charge is 0.335 e. The van der Waals surface area contributed by atoms with Crippen LogP contribution in [0.4, 0.5) is 21.9 Å². The molecule has 1 fully saturated rings. The third-order valence-corrected chi connectivity index (χ3v) is 10.7. The molecule has 8 rings (SSSR count). The minimum Gasteiger partial charge on any atom is -0.493 e. The molecule has 0 bridgehead atoms. The number of urea groups is 1. The summed E-state index contributed by atoms with van der Waals surface area (Å²) in [4.78, 5) is 55.3. The van der Waals surface area contributed by atoms with Crippen LogP contribution in [0.25, 0.3) is 6.08 Å². The van der Waals surface area contributed by atoms with Gasteiger partial charge in [0.2, 0.25) is 0 Å². The van der Waals surface area contributed by atoms with Crippen molar-refractivity contribution < 1.29 is 28.8 Å². The molecular formula is C43H35ClN4O7. The fourth-order valence-electron chi connectivity index (χ4n) is 7.86. The van der Waals surface area contributed by atoms with E-state index in [1.165, 1.54) is 31.4 Å². The van der Waals surface area contributed by atoms with Crippen LogP contribution in [0.1, 0.15) is 58.1 Å². The van der Waals surface area contributed by atoms with Crippen LogP contribution in [-0.2, 0) is 16.2 Å². The zero-order valence-electron chi connectivity index (χ0n) is 29.7. The highest BCUT2D eigenvalue weighted by Gasteiger charge is 2.40. The molecule has 0 radical (unpaired) electrons. The molecule has 0 unspecified atom stereocenters. The average molecular weight is 755 g/mol. The Morgan fingerprint density at radius 3 is 2.02 bits per heavy atom. The van der Waals surface area contributed by atoms with Crippen molar-refractivity contribution in [2.45, 2.75) is 31.3 Å². The Labute approximate surface area is 321 Å². The normalized spacial score (nSPS) is 18.5. The number of nitro groups is 1. The zero-order valence-corrected chi connectivity index (χ0v) is 30.5. The van der Waals surface area contributed by atoms with E-state index in [2.05, 4.69) is 34.5 Å². The highest BCUT2D eigenvalue weighted by molar-refractivity contribution is 6.39. The molecule has 1 saturated heterocycles. The Morgan fingerprint density at radius 1 is 0.855 bits per heavy atom. The number of carbonyl (C=O) groups is 3. The molecule has 11 nitrogen and oxygen atoms in total. The summed E-state index contributed by atoms with van der Waals surface area (Å²) < 4.78 is 11.5. The van der Waals surface area contributed by atoms with Gasteiger partial charge in [-0.15, -0.1) is 0 Å². The van der Waals surface area contributed by atoms with Gasteiger partial charge in [0.05, 0.1) is 22.7 Å². The lowest BCUT2D eigenvalue weighted by Crippen LogP contribution is -2.54. The van der Waals surface area contributed by atoms with E-state index < -0.39 is 22.8 Å². The third-order valence-electron chi connectivity index (χ3n) is 10.5. The van der Waals surface area contributed by atoms with Crippen LogP contribution in [0.3, 0.4) is 0 Å². The lowest BCUT2D eigenvalue weighted by atomic mass is 9.76. The molecule has 2 atom stereocenters. The summed E-state index contributed by atoms with van der Waals surface area (Å²) in [7, 11) is 1.43. The molecule has 0 spiro atoms. The van der Waals surface area contributed by atoms with E-state index in [0.29, 0.717) is 16.8 Å². The van der Waals surface area contributed by atoms with Crippen molar-refractivity contribution >= 4 is 52.6 Å². The molecule has 12 heteroatoms. The second-order valence-corrected chi connectivity index (χ2v) is 14.1. The molecule has 55 heavy (non-hydrogen) atoms. The minimum absolute atomic E-state index is 0.0380. The number of imide groups is 2. The van der Waals surface area contributed by atoms with Crippen LogP contribution in [0.2, 0.25) is 5.02 Å². The largest absolute Gasteiger partial charge is 0.493 e. The fourth-order valence-corrected chi connectivity index (χ4v) is 8.13. The highest BCUT2D eigenvalue weighted by atomic mass is 35.5. The van der Waals surface area contributed by atoms with Gasteiger partial charge < -0.3 is 14.4 Å². The first-order chi connectivity index (χ1) is 26.7. The molecule has 0 saturated carbocycles. The maximum absolute atomic E-state index is 14.4. The molecule has 5 aromatic rings. The van der Waals surface area contributed by atoms with Crippen molar-refractivity contribution in [1.29, 1.82) is 0 Å². The summed E-state index contributed by atoms with van der Waals surface area (Å²) >= 11 is 6.65. The number of halogens is 1. The number of methoxy groups -OCH3 is 1. The predicted molar refractivity (Wildman–Crippen MR) is 209 cm³/mol. The van der Waals surface area contributed by atoms with Gasteiger partial charge >= 0.3 is 6.03 Å². The Morgan fingerprint density at radius 2 is 1.45 bits per heavy atom. The molecule has 5 aromatic carbocycles. The molecule has 3 aliphatic rings. The van der Waals surface area contributed by atoms with E-state index in [1.54, 1.807) is 18.2 Å². The van der Waals surface area contributed by atoms with Gasteiger partial charge in [0.15, 0.2) is 11.5 Å². The Kier molecular flexibility index (Phi) is 9.54. The molecule has 0 aromatic heterocycles. The Hall–Kier alpha value is -6.46. The van der Waals surface area contributed by atoms with E-state index in [9.17, 15) is 24.5 Å². The number of nitro benzene ring substituents is 1. The van der Waals surface area contributed by atoms with Crippen LogP contribution in [-0.4, -0.2) is 43.0 Å². The average Bonchev–Trinajstić information content (AvgIpc) is 3.20. The maximum Gasteiger partial charge on any atom is 0.335 e. The number of non-ortho nitro benzene ring substituents is 1. The maximum atomic E-state index is 14.4. The number of benzene rings is 5. The summed E-state index contributed by atoms with van der Waals surface area (Å²) in [6, 6.07) is 32.5. The number of hydrogen-bond donors (Lipinski definition) is 1. The number of nitrogens with one attached hydrogen (secondary N) is 1. The number of carbonyl (C=O) groups excluding carboxylic acids is 3. The number of nitrogens with zero attached hydrogens (tertiary/aromatic N) is 3. The number of amides is 4. The number of barbiturate groups is 1. The summed E-state index contributed by atoms with van der Waals surface area (Å²) in [5.41, 5.74) is 6.62. The number of ether oxygens (including phenoxy) is 2. The zero-order chi connectivity index (χ0) is 38.2. The highest BCUT2D eigenvalue weighted by Crippen LogP contribution is 2.50. The summed E-state index contributed by atoms with van der Waals surface area (Å²) in [5.74, 6) is -1.10. The summed E-state index contributed by atoms with van der Waals surface area (Å²) in [6.45, 7) is 1.82. The van der Waals surface area contributed by atoms with E-state index in [0.717, 1.165) is 58.8 Å². The van der Waals surface area contributed by atoms with Gasteiger partial charge in [0.25, 0.3) is 17.5 Å². The van der Waals surface area contributed by atoms with Crippen LogP contribution in [0, 0.1) is 10.1 Å². The van der Waals surface area contributed by atoms with Gasteiger partial charge in [-0.1, -0.05) is 72.3 Å². The predicted octanol–water partition coefficient (Wildman–Crippen LogP) is 8.38. The molecule has 276 valence electrons. The second kappa shape index (κ2) is 14.8. The Balaban J connectivity index is 1.16. The molecular weight excluding hydrogens is 720 g/mol. The van der Waals surface area contributed by atoms with E-state index >= 15 is 0 Å². The molecule has 4 amide bonds. The monoisotopic (exact) mass is 754 g/mol. The topological polar surface area (TPSA) is 131 Å². The van der Waals surface area contributed by atoms with Crippen molar-refractivity contribution in [2.75, 3.05) is 30.0 Å². The van der Waals surface area contributed by atoms with Crippen LogP contribution in [0.15, 0.2) is 115 Å². The van der Waals surface area contributed by atoms with Crippen LogP contribution >= 0.6 is 11.6 Å². The molecule has 1 N–H and O–H groups in total. The van der Waals surface area contributed by atoms with Crippen LogP contribution in [0.5, 0.6) is 11.5 Å². The molecule has 3 heterocycles. The van der Waals surface area contributed by atoms with Crippen LogP contribution < -0.4 is 24.6 Å². The van der Waals surface area contributed by atoms with Crippen molar-refractivity contribution in [3.8, 4) is 11.5 Å². The van der Waals surface area contributed by atoms with E-state index in [-0.39, 0.29) is 46.2 Å². The first-order valence-corrected chi connectivity index (χ1v) is 18.3. The SMILES string of the molecule is COc1cc(/C=C2\C(=O)NC(=O)N(c3cc4c5c(c3)[C@@H](c3ccccc3)CCN5CC[C@@H]4c3ccccc3)C2=O)cc(Cl)c1OCc1ccc([N+](=O)[O-])cc1. The van der Waals surface area contributed by atoms with E-state index in [1.807, 2.05) is 48.5 Å². The fraction of sp³-hybridized carbons (Fsp3) is 0.186. The van der Waals surface area contributed by atoms with Gasteiger partial charge in [0, 0.05) is 42.7 Å². The minimum atomic E-state index is -0.838. The van der Waals surface area contributed by atoms with Gasteiger partial charge in [0.1, 0.15) is 12.2 Å². The van der Waals surface area contributed by atoms with Gasteiger partial charge in [-0.25, -0.2) is 9.69 Å². The quantitative estimate of drug-likeness (QED) is 0.0688. The number of rotatable bonds is 9. The number of hydrogen-bond acceptors (Lipinski definition) is 8. The lowest BCUT2D eigenvalue weighted by Gasteiger charge is -2.44. The van der Waals surface area contributed by atoms with Gasteiger partial charge in [-0.05, 0) is 88.7 Å². The first kappa shape index (κ1) is 35.6. The van der Waals surface area contributed by atoms with Gasteiger partial charge in [-0.3, -0.25) is 25.0 Å². The Bertz CT molecular complexity index is 2290. The molecule has 3 aliphatic heterocycles. The standard InChI is InChI=1S/C43H35ClN4O7/c1-54-38-22-27(21-37(44)40(38)55-25-26-12-14-30(15-13-26)48(52)53)20-36-41(49)45-43(51)47(42(36)50)31-23-34-32(28-8-4-2-5-9-28)16-18-46-19-17-33(35(24-31)39(34)46)29-10-6-3-7-11-29/h2-15,20-24,32-33H,16-19,25H2,1H3,(H,45,49,51)/b36-20+/t32-,33-/m1/s1. The lowest BCUT2D eigenvalue weighted by molar-refractivity contribution is -0.384. The van der Waals surface area contributed by atoms with Crippen molar-refractivity contribution in [3.05, 3.63) is 163 Å². The van der Waals surface area contributed by atoms with Crippen molar-refractivity contribution in [1.82, 2.24) is 5.32 Å². The van der Waals surface area contributed by atoms with Crippen molar-refractivity contribution in [2.24, 2.45) is 0 Å². The summed E-state index contributed by atoms with van der Waals surface area (Å²) in [5, 5.41) is 13.5. The summed E-state index contributed by atoms with van der Waals surface area (Å²) in [6.07, 6.45) is 3.11. The number of anilines is 2. The van der Waals surface area contributed by atoms with Crippen molar-refractivity contribution in [3.63, 3.8) is 0 Å². The third kappa shape index (κ3) is 6.79. The molecule has 0 aliphatic carbocycles. The first-order valence-electron chi connectivity index (χ1n) is 17.9.